The van der Waals surface area contributed by atoms with Crippen molar-refractivity contribution in [3.8, 4) is 0 Å². The maximum Gasteiger partial charge on any atom is 0.422 e. The van der Waals surface area contributed by atoms with Gasteiger partial charge in [-0.2, -0.15) is 21.6 Å². The molecule has 1 aromatic carbocycles. The van der Waals surface area contributed by atoms with Crippen LogP contribution in [0.25, 0.3) is 0 Å². The lowest BCUT2D eigenvalue weighted by Crippen LogP contribution is -2.18. The van der Waals surface area contributed by atoms with Gasteiger partial charge in [0.2, 0.25) is 0 Å². The molecule has 0 fully saturated rings. The fourth-order valence-corrected chi connectivity index (χ4v) is 1.85. The summed E-state index contributed by atoms with van der Waals surface area (Å²) in [6.07, 6.45) is -5.72. The summed E-state index contributed by atoms with van der Waals surface area (Å²) in [6.45, 7) is 0. The molecule has 0 saturated carbocycles. The van der Waals surface area contributed by atoms with E-state index < -0.39 is 56.4 Å². The molecule has 0 heterocycles. The van der Waals surface area contributed by atoms with Crippen LogP contribution in [0.15, 0.2) is 0 Å². The molecular formula is C8H3F7O3S. The summed E-state index contributed by atoms with van der Waals surface area (Å²) in [5, 5.41) is 0. The topological polar surface area (TPSA) is 54.4 Å². The van der Waals surface area contributed by atoms with E-state index in [1.165, 1.54) is 0 Å². The number of alkyl halides is 3. The molecule has 0 bridgehead atoms. The van der Waals surface area contributed by atoms with E-state index in [9.17, 15) is 39.2 Å². The molecule has 0 radical (unpaired) electrons. The van der Waals surface area contributed by atoms with E-state index >= 15 is 0 Å². The zero-order chi connectivity index (χ0) is 15.2. The van der Waals surface area contributed by atoms with Crippen LogP contribution < -0.4 is 0 Å². The van der Waals surface area contributed by atoms with E-state index in [1.807, 2.05) is 0 Å². The number of rotatable bonds is 2. The Bertz CT molecular complexity index is 591. The van der Waals surface area contributed by atoms with Gasteiger partial charge in [-0.1, -0.05) is 0 Å². The smallest absolute Gasteiger partial charge is 0.285 e. The molecular weight excluding hydrogens is 309 g/mol. The standard InChI is InChI=1S/C8H3F7O3S/c9-4-2(1-19(16,17)18)5(10)7(12)3(6(4)11)8(13,14)15/h1H2,(H,16,17,18). The second-order valence-electron chi connectivity index (χ2n) is 3.33. The molecule has 0 saturated heterocycles. The van der Waals surface area contributed by atoms with Crippen LogP contribution in [0.4, 0.5) is 30.7 Å². The first-order valence-electron chi connectivity index (χ1n) is 4.23. The highest BCUT2D eigenvalue weighted by molar-refractivity contribution is 7.85. The molecule has 0 unspecified atom stereocenters. The molecule has 0 amide bonds. The first kappa shape index (κ1) is 15.7. The highest BCUT2D eigenvalue weighted by Gasteiger charge is 2.42. The normalized spacial score (nSPS) is 12.8. The molecule has 108 valence electrons. The maximum absolute atomic E-state index is 13.1. The lowest BCUT2D eigenvalue weighted by molar-refractivity contribution is -0.143. The minimum absolute atomic E-state index is 1.86. The molecule has 1 N–H and O–H groups in total. The third-order valence-corrected chi connectivity index (χ3v) is 2.62. The van der Waals surface area contributed by atoms with Gasteiger partial charge in [0, 0.05) is 5.56 Å². The number of hydrogen-bond acceptors (Lipinski definition) is 2. The predicted octanol–water partition coefficient (Wildman–Crippen LogP) is 2.65. The molecule has 3 nitrogen and oxygen atoms in total. The first-order valence-corrected chi connectivity index (χ1v) is 5.84. The monoisotopic (exact) mass is 312 g/mol. The fraction of sp³-hybridized carbons (Fsp3) is 0.250. The zero-order valence-electron chi connectivity index (χ0n) is 8.52. The van der Waals surface area contributed by atoms with Gasteiger partial charge in [0.25, 0.3) is 10.1 Å². The highest BCUT2D eigenvalue weighted by atomic mass is 32.2. The SMILES string of the molecule is O=S(=O)(O)Cc1c(F)c(F)c(C(F)(F)F)c(F)c1F. The van der Waals surface area contributed by atoms with Crippen molar-refractivity contribution >= 4 is 10.1 Å². The quantitative estimate of drug-likeness (QED) is 0.519. The van der Waals surface area contributed by atoms with Crippen molar-refractivity contribution < 1.29 is 43.7 Å². The molecule has 0 aliphatic rings. The number of hydrogen-bond donors (Lipinski definition) is 1. The first-order chi connectivity index (χ1) is 8.36. The van der Waals surface area contributed by atoms with Gasteiger partial charge in [0.05, 0.1) is 0 Å². The van der Waals surface area contributed by atoms with Crippen LogP contribution in [0, 0.1) is 23.3 Å². The van der Waals surface area contributed by atoms with Crippen molar-refractivity contribution in [1.82, 2.24) is 0 Å². The Labute approximate surface area is 101 Å². The largest absolute Gasteiger partial charge is 0.422 e. The summed E-state index contributed by atoms with van der Waals surface area (Å²) >= 11 is 0. The molecule has 11 heteroatoms. The molecule has 1 rings (SSSR count). The van der Waals surface area contributed by atoms with E-state index in [0.29, 0.717) is 0 Å². The lowest BCUT2D eigenvalue weighted by atomic mass is 10.1. The fourth-order valence-electron chi connectivity index (χ4n) is 1.24. The Balaban J connectivity index is 3.67. The van der Waals surface area contributed by atoms with Crippen LogP contribution >= 0.6 is 0 Å². The molecule has 0 spiro atoms. The predicted molar refractivity (Wildman–Crippen MR) is 46.5 cm³/mol. The summed E-state index contributed by atoms with van der Waals surface area (Å²) in [6, 6.07) is 0. The maximum atomic E-state index is 13.1. The van der Waals surface area contributed by atoms with Crippen LogP contribution in [0.2, 0.25) is 0 Å². The van der Waals surface area contributed by atoms with Gasteiger partial charge in [-0.15, -0.1) is 0 Å². The van der Waals surface area contributed by atoms with Crippen LogP contribution in [0.3, 0.4) is 0 Å². The van der Waals surface area contributed by atoms with E-state index in [-0.39, 0.29) is 0 Å². The van der Waals surface area contributed by atoms with Gasteiger partial charge in [-0.3, -0.25) is 4.55 Å². The average molecular weight is 312 g/mol. The highest BCUT2D eigenvalue weighted by Crippen LogP contribution is 2.37. The van der Waals surface area contributed by atoms with Crippen molar-refractivity contribution in [2.75, 3.05) is 0 Å². The zero-order valence-corrected chi connectivity index (χ0v) is 9.34. The average Bonchev–Trinajstić information content (AvgIpc) is 2.18. The second-order valence-corrected chi connectivity index (χ2v) is 4.79. The van der Waals surface area contributed by atoms with Crippen LogP contribution in [0.5, 0.6) is 0 Å². The molecule has 1 aromatic rings. The molecule has 0 aliphatic carbocycles. The van der Waals surface area contributed by atoms with Gasteiger partial charge in [-0.25, -0.2) is 17.6 Å². The summed E-state index contributed by atoms with van der Waals surface area (Å²) in [5.74, 6) is -12.6. The molecule has 0 aromatic heterocycles. The summed E-state index contributed by atoms with van der Waals surface area (Å²) in [4.78, 5) is 0. The summed E-state index contributed by atoms with van der Waals surface area (Å²) in [7, 11) is -5.10. The van der Waals surface area contributed by atoms with Crippen LogP contribution in [0.1, 0.15) is 11.1 Å². The third kappa shape index (κ3) is 3.15. The number of halogens is 7. The van der Waals surface area contributed by atoms with E-state index in [4.69, 9.17) is 4.55 Å². The van der Waals surface area contributed by atoms with Gasteiger partial charge in [0.15, 0.2) is 23.3 Å². The van der Waals surface area contributed by atoms with Gasteiger partial charge in [-0.05, 0) is 0 Å². The van der Waals surface area contributed by atoms with E-state index in [1.54, 1.807) is 0 Å². The molecule has 0 aliphatic heterocycles. The van der Waals surface area contributed by atoms with Gasteiger partial charge in [0.1, 0.15) is 11.3 Å². The van der Waals surface area contributed by atoms with Gasteiger partial charge >= 0.3 is 6.18 Å². The lowest BCUT2D eigenvalue weighted by Gasteiger charge is -2.13. The van der Waals surface area contributed by atoms with Crippen molar-refractivity contribution in [3.05, 3.63) is 34.4 Å². The van der Waals surface area contributed by atoms with E-state index in [0.717, 1.165) is 0 Å². The van der Waals surface area contributed by atoms with Crippen LogP contribution in [-0.2, 0) is 22.0 Å². The minimum Gasteiger partial charge on any atom is -0.285 e. The van der Waals surface area contributed by atoms with Crippen molar-refractivity contribution in [2.24, 2.45) is 0 Å². The Morgan fingerprint density at radius 3 is 1.53 bits per heavy atom. The summed E-state index contributed by atoms with van der Waals surface area (Å²) in [5.41, 5.74) is -4.67. The minimum atomic E-state index is -5.72. The second kappa shape index (κ2) is 4.63. The Kier molecular flexibility index (Phi) is 3.83. The van der Waals surface area contributed by atoms with Crippen LogP contribution in [-0.4, -0.2) is 13.0 Å². The Hall–Kier alpha value is -1.36. The van der Waals surface area contributed by atoms with Gasteiger partial charge < -0.3 is 0 Å². The molecule has 19 heavy (non-hydrogen) atoms. The van der Waals surface area contributed by atoms with Crippen molar-refractivity contribution in [2.45, 2.75) is 11.9 Å². The number of benzene rings is 1. The Morgan fingerprint density at radius 2 is 1.26 bits per heavy atom. The van der Waals surface area contributed by atoms with Crippen molar-refractivity contribution in [1.29, 1.82) is 0 Å². The molecule has 0 atom stereocenters. The third-order valence-electron chi connectivity index (χ3n) is 1.96. The van der Waals surface area contributed by atoms with Crippen molar-refractivity contribution in [3.63, 3.8) is 0 Å². The summed E-state index contributed by atoms with van der Waals surface area (Å²) < 4.78 is 118. The van der Waals surface area contributed by atoms with E-state index in [2.05, 4.69) is 0 Å². The Morgan fingerprint density at radius 1 is 0.895 bits per heavy atom.